The molecule has 0 aliphatic rings. The average Bonchev–Trinajstić information content (AvgIpc) is 2.90. The van der Waals surface area contributed by atoms with Crippen molar-refractivity contribution in [1.29, 1.82) is 0 Å². The summed E-state index contributed by atoms with van der Waals surface area (Å²) in [5, 5.41) is 12.8. The van der Waals surface area contributed by atoms with Crippen molar-refractivity contribution in [3.05, 3.63) is 41.7 Å². The van der Waals surface area contributed by atoms with Crippen LogP contribution in [0, 0.1) is 6.92 Å². The number of thiazole rings is 1. The van der Waals surface area contributed by atoms with Gasteiger partial charge in [0.15, 0.2) is 10.8 Å². The van der Waals surface area contributed by atoms with E-state index in [1.807, 2.05) is 19.1 Å². The van der Waals surface area contributed by atoms with E-state index in [1.54, 1.807) is 13.2 Å². The minimum Gasteiger partial charge on any atom is -0.505 e. The van der Waals surface area contributed by atoms with Gasteiger partial charge >= 0.3 is 0 Å². The number of rotatable bonds is 3. The highest BCUT2D eigenvalue weighted by Crippen LogP contribution is 2.32. The van der Waals surface area contributed by atoms with Crippen LogP contribution >= 0.6 is 11.3 Å². The molecule has 1 amide bonds. The lowest BCUT2D eigenvalue weighted by Gasteiger charge is -2.02. The molecule has 0 aliphatic heterocycles. The molecule has 112 valence electrons. The van der Waals surface area contributed by atoms with E-state index >= 15 is 0 Å². The number of nitrogens with one attached hydrogen (secondary N) is 1. The van der Waals surface area contributed by atoms with Gasteiger partial charge in [0.2, 0.25) is 0 Å². The molecule has 6 nitrogen and oxygen atoms in total. The van der Waals surface area contributed by atoms with Crippen LogP contribution in [0.15, 0.2) is 30.5 Å². The number of carbonyl (C=O) groups excluding carboxylic acids is 1. The lowest BCUT2D eigenvalue weighted by Crippen LogP contribution is -2.13. The van der Waals surface area contributed by atoms with Crippen molar-refractivity contribution in [1.82, 2.24) is 9.97 Å². The maximum atomic E-state index is 12.1. The smallest absolute Gasteiger partial charge is 0.279 e. The molecule has 2 aromatic heterocycles. The fourth-order valence-electron chi connectivity index (χ4n) is 2.06. The molecule has 0 spiro atoms. The van der Waals surface area contributed by atoms with Gasteiger partial charge in [0, 0.05) is 6.20 Å². The number of fused-ring (bicyclic) bond motifs is 1. The maximum Gasteiger partial charge on any atom is 0.279 e. The number of ether oxygens (including phenoxy) is 1. The highest BCUT2D eigenvalue weighted by Gasteiger charge is 2.15. The molecule has 1 aromatic carbocycles. The number of aromatic nitrogens is 2. The molecular formula is C15H13N3O3S. The molecule has 0 unspecified atom stereocenters. The Balaban J connectivity index is 1.93. The summed E-state index contributed by atoms with van der Waals surface area (Å²) in [6, 6.07) is 6.72. The Morgan fingerprint density at radius 2 is 2.23 bits per heavy atom. The molecule has 3 rings (SSSR count). The molecule has 0 radical (unpaired) electrons. The van der Waals surface area contributed by atoms with Gasteiger partial charge < -0.3 is 9.84 Å². The second-order valence-electron chi connectivity index (χ2n) is 4.64. The van der Waals surface area contributed by atoms with Crippen molar-refractivity contribution >= 4 is 32.6 Å². The Morgan fingerprint density at radius 3 is 2.95 bits per heavy atom. The molecule has 22 heavy (non-hydrogen) atoms. The number of pyridine rings is 1. The van der Waals surface area contributed by atoms with Gasteiger partial charge in [-0.15, -0.1) is 0 Å². The van der Waals surface area contributed by atoms with Gasteiger partial charge in [-0.1, -0.05) is 11.3 Å². The van der Waals surface area contributed by atoms with E-state index in [2.05, 4.69) is 15.3 Å². The van der Waals surface area contributed by atoms with E-state index in [0.717, 1.165) is 21.5 Å². The average molecular weight is 315 g/mol. The van der Waals surface area contributed by atoms with E-state index in [9.17, 15) is 9.90 Å². The van der Waals surface area contributed by atoms with Crippen LogP contribution in [-0.4, -0.2) is 28.1 Å². The fraction of sp³-hybridized carbons (Fsp3) is 0.133. The minimum atomic E-state index is -0.498. The number of methoxy groups -OCH3 is 1. The zero-order chi connectivity index (χ0) is 15.7. The van der Waals surface area contributed by atoms with Crippen LogP contribution in [0.3, 0.4) is 0 Å². The summed E-state index contributed by atoms with van der Waals surface area (Å²) in [5.74, 6) is 0.0784. The molecule has 0 aliphatic carbocycles. The number of nitrogens with zero attached hydrogens (tertiary/aromatic N) is 2. The predicted molar refractivity (Wildman–Crippen MR) is 84.8 cm³/mol. The molecule has 2 heterocycles. The Hall–Kier alpha value is -2.67. The first-order valence-corrected chi connectivity index (χ1v) is 7.30. The summed E-state index contributed by atoms with van der Waals surface area (Å²) in [6.07, 6.45) is 1.45. The van der Waals surface area contributed by atoms with Gasteiger partial charge in [-0.25, -0.2) is 9.97 Å². The summed E-state index contributed by atoms with van der Waals surface area (Å²) in [5.41, 5.74) is 1.74. The zero-order valence-corrected chi connectivity index (χ0v) is 12.8. The largest absolute Gasteiger partial charge is 0.505 e. The topological polar surface area (TPSA) is 84.3 Å². The Labute approximate surface area is 130 Å². The van der Waals surface area contributed by atoms with E-state index in [1.165, 1.54) is 23.6 Å². The third-order valence-corrected chi connectivity index (χ3v) is 4.03. The number of benzene rings is 1. The summed E-state index contributed by atoms with van der Waals surface area (Å²) in [4.78, 5) is 20.4. The van der Waals surface area contributed by atoms with Gasteiger partial charge in [0.25, 0.3) is 5.91 Å². The number of aryl methyl sites for hydroxylation is 1. The van der Waals surface area contributed by atoms with Crippen LogP contribution < -0.4 is 10.1 Å². The molecule has 0 atom stereocenters. The van der Waals surface area contributed by atoms with Crippen LogP contribution in [0.4, 0.5) is 5.13 Å². The Morgan fingerprint density at radius 1 is 1.41 bits per heavy atom. The minimum absolute atomic E-state index is 0.0314. The summed E-state index contributed by atoms with van der Waals surface area (Å²) in [6.45, 7) is 1.93. The molecule has 2 N–H and O–H groups in total. The van der Waals surface area contributed by atoms with Crippen LogP contribution in [-0.2, 0) is 0 Å². The van der Waals surface area contributed by atoms with Gasteiger partial charge in [-0.05, 0) is 36.8 Å². The lowest BCUT2D eigenvalue weighted by molar-refractivity contribution is 0.101. The van der Waals surface area contributed by atoms with Gasteiger partial charge in [-0.2, -0.15) is 0 Å². The third-order valence-electron chi connectivity index (χ3n) is 3.12. The number of anilines is 1. The quantitative estimate of drug-likeness (QED) is 0.776. The molecular weight excluding hydrogens is 302 g/mol. The molecule has 0 fully saturated rings. The number of hydrogen-bond acceptors (Lipinski definition) is 6. The highest BCUT2D eigenvalue weighted by molar-refractivity contribution is 7.22. The molecule has 3 aromatic rings. The summed E-state index contributed by atoms with van der Waals surface area (Å²) >= 11 is 1.34. The van der Waals surface area contributed by atoms with Crippen LogP contribution in [0.25, 0.3) is 10.2 Å². The Kier molecular flexibility index (Phi) is 3.64. The first kappa shape index (κ1) is 14.3. The van der Waals surface area contributed by atoms with Crippen molar-refractivity contribution in [3.63, 3.8) is 0 Å². The van der Waals surface area contributed by atoms with Crippen molar-refractivity contribution < 1.29 is 14.6 Å². The van der Waals surface area contributed by atoms with Crippen LogP contribution in [0.2, 0.25) is 0 Å². The van der Waals surface area contributed by atoms with Gasteiger partial charge in [-0.3, -0.25) is 10.1 Å². The predicted octanol–water partition coefficient (Wildman–Crippen LogP) is 2.97. The molecule has 0 saturated heterocycles. The van der Waals surface area contributed by atoms with E-state index in [-0.39, 0.29) is 11.4 Å². The fourth-order valence-corrected chi connectivity index (χ4v) is 3.03. The standard InChI is InChI=1S/C15H13N3O3S/c1-8-6-9(21-2)7-11-12(8)17-15(22-11)18-14(20)13-10(19)4-3-5-16-13/h3-7,19H,1-2H3,(H,17,18,20). The SMILES string of the molecule is COc1cc(C)c2nc(NC(=O)c3ncccc3O)sc2c1. The summed E-state index contributed by atoms with van der Waals surface area (Å²) in [7, 11) is 1.61. The van der Waals surface area contributed by atoms with E-state index in [0.29, 0.717) is 5.13 Å². The van der Waals surface area contributed by atoms with Crippen molar-refractivity contribution in [2.75, 3.05) is 12.4 Å². The van der Waals surface area contributed by atoms with Crippen LogP contribution in [0.5, 0.6) is 11.5 Å². The number of aromatic hydroxyl groups is 1. The maximum absolute atomic E-state index is 12.1. The molecule has 0 saturated carbocycles. The number of hydrogen-bond donors (Lipinski definition) is 2. The summed E-state index contributed by atoms with van der Waals surface area (Å²) < 4.78 is 6.14. The Bertz CT molecular complexity index is 860. The normalized spacial score (nSPS) is 10.6. The highest BCUT2D eigenvalue weighted by atomic mass is 32.1. The number of amides is 1. The van der Waals surface area contributed by atoms with Crippen molar-refractivity contribution in [3.8, 4) is 11.5 Å². The molecule has 0 bridgehead atoms. The first-order valence-electron chi connectivity index (χ1n) is 6.49. The lowest BCUT2D eigenvalue weighted by atomic mass is 10.2. The molecule has 7 heteroatoms. The zero-order valence-electron chi connectivity index (χ0n) is 12.0. The second kappa shape index (κ2) is 5.61. The van der Waals surface area contributed by atoms with Gasteiger partial charge in [0.1, 0.15) is 11.5 Å². The van der Waals surface area contributed by atoms with Crippen LogP contribution in [0.1, 0.15) is 16.1 Å². The monoisotopic (exact) mass is 315 g/mol. The van der Waals surface area contributed by atoms with Crippen molar-refractivity contribution in [2.24, 2.45) is 0 Å². The second-order valence-corrected chi connectivity index (χ2v) is 5.67. The third kappa shape index (κ3) is 2.58. The number of carbonyl (C=O) groups is 1. The van der Waals surface area contributed by atoms with Gasteiger partial charge in [0.05, 0.1) is 17.3 Å². The van der Waals surface area contributed by atoms with E-state index in [4.69, 9.17) is 4.74 Å². The van der Waals surface area contributed by atoms with E-state index < -0.39 is 5.91 Å². The van der Waals surface area contributed by atoms with Crippen molar-refractivity contribution in [2.45, 2.75) is 6.92 Å². The first-order chi connectivity index (χ1) is 10.6.